The van der Waals surface area contributed by atoms with Gasteiger partial charge in [-0.2, -0.15) is 15.3 Å². The highest BCUT2D eigenvalue weighted by Gasteiger charge is 2.27. The van der Waals surface area contributed by atoms with Crippen LogP contribution < -0.4 is 10.6 Å². The van der Waals surface area contributed by atoms with Crippen LogP contribution in [0.3, 0.4) is 0 Å². The predicted molar refractivity (Wildman–Crippen MR) is 202 cm³/mol. The van der Waals surface area contributed by atoms with Gasteiger partial charge in [0.05, 0.1) is 17.1 Å². The lowest BCUT2D eigenvalue weighted by atomic mass is 10.1. The number of rotatable bonds is 10. The maximum atomic E-state index is 5.24. The predicted octanol–water partition coefficient (Wildman–Crippen LogP) is 11.3. The van der Waals surface area contributed by atoms with E-state index in [0.717, 1.165) is 51.1 Å². The van der Waals surface area contributed by atoms with Crippen LogP contribution in [0.15, 0.2) is 192 Å². The van der Waals surface area contributed by atoms with Crippen LogP contribution in [0.1, 0.15) is 0 Å². The number of benzene rings is 6. The Labute approximate surface area is 290 Å². The fraction of sp³-hybridized carbons (Fsp3) is 0. The third-order valence-corrected chi connectivity index (χ3v) is 8.14. The fourth-order valence-corrected chi connectivity index (χ4v) is 5.75. The highest BCUT2D eigenvalue weighted by atomic mass is 15.4. The minimum atomic E-state index is 0.584. The van der Waals surface area contributed by atoms with E-state index < -0.39 is 0 Å². The molecule has 0 atom stereocenters. The first-order valence-corrected chi connectivity index (χ1v) is 16.4. The molecule has 0 saturated carbocycles. The van der Waals surface area contributed by atoms with Gasteiger partial charge < -0.3 is 10.6 Å². The van der Waals surface area contributed by atoms with Crippen molar-refractivity contribution in [2.45, 2.75) is 0 Å². The van der Waals surface area contributed by atoms with E-state index in [0.29, 0.717) is 17.2 Å². The lowest BCUT2D eigenvalue weighted by Crippen LogP contribution is -2.06. The molecule has 2 aromatic heterocycles. The van der Waals surface area contributed by atoms with E-state index in [9.17, 15) is 0 Å². The Hall–Kier alpha value is -7.06. The molecule has 0 unspecified atom stereocenters. The standard InChI is InChI=1S/C42H32N8/c1-7-19-31(20-8-1)37-39(41(43-33-23-11-3-12-24-33)49(47-37)35-27-15-5-16-28-35)44-42-40(46-45-34-25-13-4-14-26-34)38(32-21-9-2-10-22-32)48-50(42)36-29-17-6-18-30-36/h1-30,43-44H. The van der Waals surface area contributed by atoms with Gasteiger partial charge in [0.1, 0.15) is 17.1 Å². The highest BCUT2D eigenvalue weighted by molar-refractivity contribution is 5.93. The van der Waals surface area contributed by atoms with Gasteiger partial charge in [0.2, 0.25) is 0 Å². The molecule has 0 spiro atoms. The Morgan fingerprint density at radius 3 is 1.40 bits per heavy atom. The molecule has 240 valence electrons. The number of nitrogens with zero attached hydrogens (tertiary/aromatic N) is 6. The van der Waals surface area contributed by atoms with E-state index in [1.807, 2.05) is 179 Å². The zero-order valence-corrected chi connectivity index (χ0v) is 27.0. The van der Waals surface area contributed by atoms with Gasteiger partial charge in [-0.05, 0) is 48.5 Å². The van der Waals surface area contributed by atoms with Crippen molar-refractivity contribution in [2.24, 2.45) is 10.2 Å². The van der Waals surface area contributed by atoms with Gasteiger partial charge in [0, 0.05) is 16.8 Å². The molecule has 0 aliphatic rings. The quantitative estimate of drug-likeness (QED) is 0.145. The van der Waals surface area contributed by atoms with Gasteiger partial charge >= 0.3 is 0 Å². The molecule has 8 nitrogen and oxygen atoms in total. The van der Waals surface area contributed by atoms with E-state index in [-0.39, 0.29) is 0 Å². The number of azo groups is 1. The molecule has 0 bridgehead atoms. The number of hydrogen-bond donors (Lipinski definition) is 2. The Kier molecular flexibility index (Phi) is 8.46. The van der Waals surface area contributed by atoms with Crippen LogP contribution in [0.2, 0.25) is 0 Å². The summed E-state index contributed by atoms with van der Waals surface area (Å²) in [6.07, 6.45) is 0. The van der Waals surface area contributed by atoms with Gasteiger partial charge in [-0.3, -0.25) is 0 Å². The Morgan fingerprint density at radius 1 is 0.400 bits per heavy atom. The zero-order valence-electron chi connectivity index (χ0n) is 27.0. The second kappa shape index (κ2) is 14.0. The summed E-state index contributed by atoms with van der Waals surface area (Å²) in [5, 5.41) is 27.5. The molecule has 0 fully saturated rings. The number of para-hydroxylation sites is 3. The van der Waals surface area contributed by atoms with Crippen molar-refractivity contribution in [3.63, 3.8) is 0 Å². The molecule has 0 radical (unpaired) electrons. The molecule has 0 aliphatic carbocycles. The summed E-state index contributed by atoms with van der Waals surface area (Å²) in [6.45, 7) is 0. The molecule has 0 aliphatic heterocycles. The summed E-state index contributed by atoms with van der Waals surface area (Å²) in [5.41, 5.74) is 8.05. The van der Waals surface area contributed by atoms with Crippen LogP contribution >= 0.6 is 0 Å². The molecular weight excluding hydrogens is 617 g/mol. The average Bonchev–Trinajstić information content (AvgIpc) is 3.74. The van der Waals surface area contributed by atoms with E-state index >= 15 is 0 Å². The number of nitrogens with one attached hydrogen (secondary N) is 2. The van der Waals surface area contributed by atoms with Crippen LogP contribution in [0.5, 0.6) is 0 Å². The Bertz CT molecular complexity index is 2340. The molecule has 8 aromatic rings. The molecule has 50 heavy (non-hydrogen) atoms. The van der Waals surface area contributed by atoms with Crippen molar-refractivity contribution in [3.8, 4) is 33.9 Å². The van der Waals surface area contributed by atoms with E-state index in [1.54, 1.807) is 0 Å². The van der Waals surface area contributed by atoms with Crippen LogP contribution in [0, 0.1) is 0 Å². The zero-order chi connectivity index (χ0) is 33.5. The van der Waals surface area contributed by atoms with Crippen LogP contribution in [-0.4, -0.2) is 19.6 Å². The molecule has 6 aromatic carbocycles. The first-order valence-electron chi connectivity index (χ1n) is 16.4. The molecule has 0 amide bonds. The van der Waals surface area contributed by atoms with Crippen molar-refractivity contribution in [1.29, 1.82) is 0 Å². The summed E-state index contributed by atoms with van der Waals surface area (Å²) in [7, 11) is 0. The van der Waals surface area contributed by atoms with Crippen molar-refractivity contribution in [3.05, 3.63) is 182 Å². The smallest absolute Gasteiger partial charge is 0.163 e. The topological polar surface area (TPSA) is 84.4 Å². The Morgan fingerprint density at radius 2 is 0.840 bits per heavy atom. The van der Waals surface area contributed by atoms with E-state index in [4.69, 9.17) is 20.4 Å². The maximum absolute atomic E-state index is 5.24. The summed E-state index contributed by atoms with van der Waals surface area (Å²) in [5.74, 6) is 1.38. The second-order valence-electron chi connectivity index (χ2n) is 11.5. The first kappa shape index (κ1) is 30.3. The molecule has 8 heteroatoms. The molecule has 8 rings (SSSR count). The van der Waals surface area contributed by atoms with Crippen molar-refractivity contribution in [1.82, 2.24) is 19.6 Å². The van der Waals surface area contributed by atoms with E-state index in [1.165, 1.54) is 0 Å². The molecular formula is C42H32N8. The van der Waals surface area contributed by atoms with Gasteiger partial charge in [-0.1, -0.05) is 133 Å². The SMILES string of the molecule is c1ccc(N=Nc2c(-c3ccccc3)nn(-c3ccccc3)c2Nc2c(-c3ccccc3)nn(-c3ccccc3)c2Nc2ccccc2)cc1. The monoisotopic (exact) mass is 648 g/mol. The summed E-state index contributed by atoms with van der Waals surface area (Å²) in [4.78, 5) is 0. The second-order valence-corrected chi connectivity index (χ2v) is 11.5. The lowest BCUT2D eigenvalue weighted by molar-refractivity contribution is 0.890. The molecule has 2 N–H and O–H groups in total. The minimum Gasteiger partial charge on any atom is -0.338 e. The third-order valence-electron chi connectivity index (χ3n) is 8.14. The number of anilines is 4. The number of hydrogen-bond acceptors (Lipinski definition) is 6. The van der Waals surface area contributed by atoms with Gasteiger partial charge in [-0.25, -0.2) is 9.36 Å². The van der Waals surface area contributed by atoms with Gasteiger partial charge in [0.15, 0.2) is 17.3 Å². The summed E-state index contributed by atoms with van der Waals surface area (Å²) >= 11 is 0. The Balaban J connectivity index is 1.40. The first-order chi connectivity index (χ1) is 24.8. The minimum absolute atomic E-state index is 0.584. The summed E-state index contributed by atoms with van der Waals surface area (Å²) in [6, 6.07) is 60.2. The van der Waals surface area contributed by atoms with Crippen molar-refractivity contribution in [2.75, 3.05) is 10.6 Å². The van der Waals surface area contributed by atoms with Gasteiger partial charge in [-0.15, -0.1) is 5.11 Å². The maximum Gasteiger partial charge on any atom is 0.163 e. The van der Waals surface area contributed by atoms with E-state index in [2.05, 4.69) is 22.8 Å². The third kappa shape index (κ3) is 6.28. The van der Waals surface area contributed by atoms with Crippen LogP contribution in [-0.2, 0) is 0 Å². The summed E-state index contributed by atoms with van der Waals surface area (Å²) < 4.78 is 3.83. The lowest BCUT2D eigenvalue weighted by Gasteiger charge is -2.15. The molecule has 0 saturated heterocycles. The molecule has 2 heterocycles. The van der Waals surface area contributed by atoms with Crippen LogP contribution in [0.25, 0.3) is 33.9 Å². The van der Waals surface area contributed by atoms with Crippen molar-refractivity contribution >= 4 is 34.4 Å². The normalized spacial score (nSPS) is 11.1. The van der Waals surface area contributed by atoms with Crippen LogP contribution in [0.4, 0.5) is 34.4 Å². The number of aromatic nitrogens is 4. The van der Waals surface area contributed by atoms with Crippen molar-refractivity contribution < 1.29 is 0 Å². The average molecular weight is 649 g/mol. The largest absolute Gasteiger partial charge is 0.338 e. The fourth-order valence-electron chi connectivity index (χ4n) is 5.75. The van der Waals surface area contributed by atoms with Gasteiger partial charge in [0.25, 0.3) is 0 Å². The highest BCUT2D eigenvalue weighted by Crippen LogP contribution is 2.45.